The normalized spacial score (nSPS) is 20.3. The van der Waals surface area contributed by atoms with Gasteiger partial charge in [0.25, 0.3) is 5.91 Å². The first-order valence-electron chi connectivity index (χ1n) is 7.35. The molecule has 3 amide bonds. The van der Waals surface area contributed by atoms with Crippen LogP contribution >= 0.6 is 0 Å². The third kappa shape index (κ3) is 3.49. The zero-order chi connectivity index (χ0) is 17.2. The molecule has 6 nitrogen and oxygen atoms in total. The zero-order valence-electron chi connectivity index (χ0n) is 13.4. The van der Waals surface area contributed by atoms with Crippen molar-refractivity contribution in [3.63, 3.8) is 0 Å². The average Bonchev–Trinajstić information content (AvgIpc) is 2.91. The van der Waals surface area contributed by atoms with Gasteiger partial charge in [-0.05, 0) is 31.5 Å². The van der Waals surface area contributed by atoms with E-state index in [4.69, 9.17) is 0 Å². The molecule has 0 spiro atoms. The molecule has 23 heavy (non-hydrogen) atoms. The summed E-state index contributed by atoms with van der Waals surface area (Å²) in [5.74, 6) is -1.58. The number of hydrogen-bond donors (Lipinski definition) is 2. The van der Waals surface area contributed by atoms with Crippen LogP contribution in [0.1, 0.15) is 30.6 Å². The van der Waals surface area contributed by atoms with Gasteiger partial charge in [0, 0.05) is 32.7 Å². The van der Waals surface area contributed by atoms with E-state index in [1.165, 1.54) is 24.0 Å². The van der Waals surface area contributed by atoms with Crippen LogP contribution in [0, 0.1) is 11.2 Å². The first kappa shape index (κ1) is 16.9. The summed E-state index contributed by atoms with van der Waals surface area (Å²) in [4.78, 5) is 37.0. The highest BCUT2D eigenvalue weighted by Crippen LogP contribution is 2.31. The molecule has 1 aliphatic rings. The molecule has 2 rings (SSSR count). The Hall–Kier alpha value is -2.44. The molecule has 0 saturated carbocycles. The molecule has 7 heteroatoms. The van der Waals surface area contributed by atoms with Gasteiger partial charge in [0.05, 0.1) is 11.0 Å². The van der Waals surface area contributed by atoms with Crippen LogP contribution < -0.4 is 10.6 Å². The fourth-order valence-corrected chi connectivity index (χ4v) is 2.76. The summed E-state index contributed by atoms with van der Waals surface area (Å²) in [7, 11) is 1.55. The Bertz CT molecular complexity index is 662. The summed E-state index contributed by atoms with van der Waals surface area (Å²) >= 11 is 0. The minimum atomic E-state index is -0.671. The second kappa shape index (κ2) is 6.36. The van der Waals surface area contributed by atoms with Crippen molar-refractivity contribution in [3.05, 3.63) is 29.6 Å². The largest absolute Gasteiger partial charge is 0.359 e. The number of carbonyl (C=O) groups excluding carboxylic acids is 3. The van der Waals surface area contributed by atoms with Crippen molar-refractivity contribution in [3.8, 4) is 0 Å². The lowest BCUT2D eigenvalue weighted by molar-refractivity contribution is -0.128. The van der Waals surface area contributed by atoms with Crippen molar-refractivity contribution in [2.75, 3.05) is 25.5 Å². The molecule has 0 bridgehead atoms. The molecule has 0 aliphatic carbocycles. The Morgan fingerprint density at radius 1 is 1.30 bits per heavy atom. The lowest BCUT2D eigenvalue weighted by Crippen LogP contribution is -2.40. The fourth-order valence-electron chi connectivity index (χ4n) is 2.76. The van der Waals surface area contributed by atoms with Crippen LogP contribution in [-0.2, 0) is 9.59 Å². The van der Waals surface area contributed by atoms with Gasteiger partial charge in [-0.1, -0.05) is 0 Å². The highest BCUT2D eigenvalue weighted by atomic mass is 19.1. The molecular formula is C16H20FN3O3. The van der Waals surface area contributed by atoms with E-state index in [1.54, 1.807) is 14.0 Å². The Balaban J connectivity index is 2.21. The number of benzene rings is 1. The van der Waals surface area contributed by atoms with Crippen LogP contribution in [-0.4, -0.2) is 42.8 Å². The Morgan fingerprint density at radius 2 is 2.00 bits per heavy atom. The summed E-state index contributed by atoms with van der Waals surface area (Å²) in [6, 6.07) is 3.85. The molecule has 1 saturated heterocycles. The van der Waals surface area contributed by atoms with Crippen LogP contribution in [0.25, 0.3) is 0 Å². The van der Waals surface area contributed by atoms with E-state index < -0.39 is 17.1 Å². The molecule has 0 radical (unpaired) electrons. The van der Waals surface area contributed by atoms with E-state index >= 15 is 0 Å². The monoisotopic (exact) mass is 321 g/mol. The lowest BCUT2D eigenvalue weighted by Gasteiger charge is -2.23. The van der Waals surface area contributed by atoms with Gasteiger partial charge in [-0.3, -0.25) is 14.4 Å². The van der Waals surface area contributed by atoms with E-state index in [0.717, 1.165) is 6.07 Å². The predicted octanol–water partition coefficient (Wildman–Crippen LogP) is 1.38. The van der Waals surface area contributed by atoms with Crippen molar-refractivity contribution in [2.45, 2.75) is 20.3 Å². The number of carbonyl (C=O) groups is 3. The second-order valence-corrected chi connectivity index (χ2v) is 5.99. The first-order valence-corrected chi connectivity index (χ1v) is 7.35. The summed E-state index contributed by atoms with van der Waals surface area (Å²) in [6.07, 6.45) is 0.519. The summed E-state index contributed by atoms with van der Waals surface area (Å²) < 4.78 is 14.0. The zero-order valence-corrected chi connectivity index (χ0v) is 13.4. The number of rotatable bonds is 3. The topological polar surface area (TPSA) is 78.5 Å². The lowest BCUT2D eigenvalue weighted by atomic mass is 9.89. The minimum Gasteiger partial charge on any atom is -0.359 e. The average molecular weight is 321 g/mol. The third-order valence-corrected chi connectivity index (χ3v) is 4.05. The quantitative estimate of drug-likeness (QED) is 0.883. The van der Waals surface area contributed by atoms with Crippen LogP contribution in [0.5, 0.6) is 0 Å². The van der Waals surface area contributed by atoms with Gasteiger partial charge in [0.2, 0.25) is 11.8 Å². The van der Waals surface area contributed by atoms with E-state index in [0.29, 0.717) is 18.7 Å². The Kier molecular flexibility index (Phi) is 4.68. The maximum absolute atomic E-state index is 14.0. The molecule has 1 atom stereocenters. The van der Waals surface area contributed by atoms with Crippen LogP contribution in [0.4, 0.5) is 10.1 Å². The van der Waals surface area contributed by atoms with Gasteiger partial charge in [0.1, 0.15) is 5.82 Å². The van der Waals surface area contributed by atoms with Gasteiger partial charge in [-0.2, -0.15) is 0 Å². The second-order valence-electron chi connectivity index (χ2n) is 5.99. The number of amides is 3. The van der Waals surface area contributed by atoms with Crippen molar-refractivity contribution < 1.29 is 18.8 Å². The molecule has 124 valence electrons. The fraction of sp³-hybridized carbons (Fsp3) is 0.438. The summed E-state index contributed by atoms with van der Waals surface area (Å²) in [6.45, 7) is 3.73. The number of halogens is 1. The number of nitrogens with zero attached hydrogens (tertiary/aromatic N) is 1. The van der Waals surface area contributed by atoms with E-state index in [1.807, 2.05) is 0 Å². The number of nitrogens with one attached hydrogen (secondary N) is 2. The Labute approximate surface area is 134 Å². The SMILES string of the molecule is CNC(=O)C1(C)CCN(C(=O)c2cc(NC(C)=O)ccc2F)C1. The van der Waals surface area contributed by atoms with Gasteiger partial charge in [-0.25, -0.2) is 4.39 Å². The standard InChI is InChI=1S/C16H20FN3O3/c1-10(21)19-11-4-5-13(17)12(8-11)14(22)20-7-6-16(2,9-20)15(23)18-3/h4-5,8H,6-7,9H2,1-3H3,(H,18,23)(H,19,21). The van der Waals surface area contributed by atoms with E-state index in [2.05, 4.69) is 10.6 Å². The molecular weight excluding hydrogens is 301 g/mol. The molecule has 1 aromatic carbocycles. The molecule has 2 N–H and O–H groups in total. The van der Waals surface area contributed by atoms with Crippen LogP contribution in [0.2, 0.25) is 0 Å². The van der Waals surface area contributed by atoms with Crippen molar-refractivity contribution in [1.82, 2.24) is 10.2 Å². The maximum atomic E-state index is 14.0. The van der Waals surface area contributed by atoms with Crippen molar-refractivity contribution in [1.29, 1.82) is 0 Å². The van der Waals surface area contributed by atoms with Crippen LogP contribution in [0.3, 0.4) is 0 Å². The first-order chi connectivity index (χ1) is 10.8. The molecule has 1 fully saturated rings. The molecule has 1 aliphatic heterocycles. The third-order valence-electron chi connectivity index (χ3n) is 4.05. The summed E-state index contributed by atoms with van der Waals surface area (Å²) in [5.41, 5.74) is -0.427. The number of likely N-dealkylation sites (tertiary alicyclic amines) is 1. The smallest absolute Gasteiger partial charge is 0.256 e. The van der Waals surface area contributed by atoms with Crippen molar-refractivity contribution in [2.24, 2.45) is 5.41 Å². The maximum Gasteiger partial charge on any atom is 0.256 e. The molecule has 1 heterocycles. The van der Waals surface area contributed by atoms with Gasteiger partial charge in [-0.15, -0.1) is 0 Å². The van der Waals surface area contributed by atoms with Gasteiger partial charge >= 0.3 is 0 Å². The predicted molar refractivity (Wildman–Crippen MR) is 83.4 cm³/mol. The van der Waals surface area contributed by atoms with E-state index in [9.17, 15) is 18.8 Å². The molecule has 1 unspecified atom stereocenters. The van der Waals surface area contributed by atoms with Gasteiger partial charge < -0.3 is 15.5 Å². The highest BCUT2D eigenvalue weighted by molar-refractivity contribution is 5.98. The number of anilines is 1. The Morgan fingerprint density at radius 3 is 2.61 bits per heavy atom. The highest BCUT2D eigenvalue weighted by Gasteiger charge is 2.42. The van der Waals surface area contributed by atoms with Crippen LogP contribution in [0.15, 0.2) is 18.2 Å². The molecule has 1 aromatic rings. The number of hydrogen-bond acceptors (Lipinski definition) is 3. The minimum absolute atomic E-state index is 0.114. The molecule has 0 aromatic heterocycles. The van der Waals surface area contributed by atoms with E-state index in [-0.39, 0.29) is 23.9 Å². The van der Waals surface area contributed by atoms with Gasteiger partial charge in [0.15, 0.2) is 0 Å². The van der Waals surface area contributed by atoms with Crippen molar-refractivity contribution >= 4 is 23.4 Å². The summed E-state index contributed by atoms with van der Waals surface area (Å²) in [5, 5.41) is 5.11.